The zero-order valence-electron chi connectivity index (χ0n) is 16.2. The molecular weight excluding hydrogens is 413 g/mol. The number of halogens is 1. The van der Waals surface area contributed by atoms with Gasteiger partial charge in [0.05, 0.1) is 11.7 Å². The Labute approximate surface area is 173 Å². The number of ether oxygens (including phenoxy) is 1. The van der Waals surface area contributed by atoms with Crippen LogP contribution in [0.15, 0.2) is 34.7 Å². The zero-order valence-corrected chi connectivity index (χ0v) is 17.0. The van der Waals surface area contributed by atoms with Gasteiger partial charge in [0.2, 0.25) is 5.91 Å². The summed E-state index contributed by atoms with van der Waals surface area (Å²) >= 11 is 0. The molecule has 0 spiro atoms. The minimum Gasteiger partial charge on any atom is -0.381 e. The van der Waals surface area contributed by atoms with Crippen molar-refractivity contribution in [1.29, 1.82) is 0 Å². The number of rotatable bonds is 3. The zero-order chi connectivity index (χ0) is 21.0. The number of hydrogen-bond donors (Lipinski definition) is 1. The summed E-state index contributed by atoms with van der Waals surface area (Å²) in [5, 5.41) is 2.43. The molecule has 5 rings (SSSR count). The predicted molar refractivity (Wildman–Crippen MR) is 105 cm³/mol. The molecule has 0 radical (unpaired) electrons. The van der Waals surface area contributed by atoms with E-state index in [-0.39, 0.29) is 22.5 Å². The van der Waals surface area contributed by atoms with E-state index in [1.807, 2.05) is 0 Å². The Morgan fingerprint density at radius 3 is 2.77 bits per heavy atom. The summed E-state index contributed by atoms with van der Waals surface area (Å²) in [6.45, 7) is 1.33. The van der Waals surface area contributed by atoms with E-state index in [9.17, 15) is 22.4 Å². The van der Waals surface area contributed by atoms with E-state index in [1.54, 1.807) is 4.90 Å². The highest BCUT2D eigenvalue weighted by atomic mass is 32.2. The van der Waals surface area contributed by atoms with Gasteiger partial charge in [-0.3, -0.25) is 4.79 Å². The maximum atomic E-state index is 13.6. The monoisotopic (exact) mass is 435 g/mol. The Morgan fingerprint density at radius 2 is 2.03 bits per heavy atom. The van der Waals surface area contributed by atoms with Gasteiger partial charge in [0.25, 0.3) is 10.0 Å². The van der Waals surface area contributed by atoms with Crippen LogP contribution in [0.4, 0.5) is 14.9 Å². The van der Waals surface area contributed by atoms with Crippen molar-refractivity contribution in [3.05, 3.63) is 35.7 Å². The van der Waals surface area contributed by atoms with E-state index in [2.05, 4.69) is 11.4 Å². The van der Waals surface area contributed by atoms with Gasteiger partial charge < -0.3 is 15.0 Å². The molecule has 30 heavy (non-hydrogen) atoms. The normalized spacial score (nSPS) is 27.6. The third-order valence-electron chi connectivity index (χ3n) is 6.42. The Hall–Kier alpha value is -2.46. The van der Waals surface area contributed by atoms with Gasteiger partial charge in [0.15, 0.2) is 0 Å². The second-order valence-electron chi connectivity index (χ2n) is 8.19. The van der Waals surface area contributed by atoms with Crippen LogP contribution in [0.1, 0.15) is 19.3 Å². The van der Waals surface area contributed by atoms with Crippen LogP contribution in [0.2, 0.25) is 0 Å². The Morgan fingerprint density at radius 1 is 1.27 bits per heavy atom. The van der Waals surface area contributed by atoms with E-state index in [4.69, 9.17) is 4.74 Å². The van der Waals surface area contributed by atoms with Crippen molar-refractivity contribution >= 4 is 27.6 Å². The number of benzene rings is 1. The maximum Gasteiger partial charge on any atom is 0.336 e. The van der Waals surface area contributed by atoms with Crippen molar-refractivity contribution in [2.45, 2.75) is 30.2 Å². The van der Waals surface area contributed by atoms with Crippen LogP contribution in [0.3, 0.4) is 0 Å². The first-order valence-electron chi connectivity index (χ1n) is 10.1. The molecule has 1 aromatic rings. The summed E-state index contributed by atoms with van der Waals surface area (Å²) in [5.41, 5.74) is 1.25. The molecule has 0 aromatic heterocycles. The van der Waals surface area contributed by atoms with Crippen LogP contribution >= 0.6 is 0 Å². The SMILES string of the molecule is O=C(CN1C(=O)Nc2ccc(F)cc2S1(=O)=O)N1C[C@@H]2C=C(C3CCOCC3)[C@H]1C2. The van der Waals surface area contributed by atoms with Crippen molar-refractivity contribution < 1.29 is 27.1 Å². The van der Waals surface area contributed by atoms with Gasteiger partial charge in [-0.15, -0.1) is 0 Å². The highest BCUT2D eigenvalue weighted by molar-refractivity contribution is 7.90. The average molecular weight is 435 g/mol. The fourth-order valence-corrected chi connectivity index (χ4v) is 6.43. The molecule has 2 fully saturated rings. The molecule has 3 aliphatic heterocycles. The van der Waals surface area contributed by atoms with Crippen LogP contribution in [0.25, 0.3) is 0 Å². The fraction of sp³-hybridized carbons (Fsp3) is 0.500. The van der Waals surface area contributed by atoms with Crippen molar-refractivity contribution in [1.82, 2.24) is 9.21 Å². The second-order valence-corrected chi connectivity index (χ2v) is 10.0. The molecule has 1 N–H and O–H groups in total. The van der Waals surface area contributed by atoms with E-state index in [0.29, 0.717) is 30.0 Å². The summed E-state index contributed by atoms with van der Waals surface area (Å²) < 4.78 is 45.3. The van der Waals surface area contributed by atoms with E-state index in [0.717, 1.165) is 31.4 Å². The van der Waals surface area contributed by atoms with Crippen LogP contribution in [0.5, 0.6) is 0 Å². The largest absolute Gasteiger partial charge is 0.381 e. The lowest BCUT2D eigenvalue weighted by atomic mass is 9.87. The van der Waals surface area contributed by atoms with Crippen LogP contribution in [-0.2, 0) is 19.6 Å². The molecule has 2 atom stereocenters. The Kier molecular flexibility index (Phi) is 4.59. The molecule has 8 nitrogen and oxygen atoms in total. The molecule has 4 aliphatic rings. The quantitative estimate of drug-likeness (QED) is 0.732. The number of amides is 3. The number of likely N-dealkylation sites (tertiary alicyclic amines) is 1. The molecule has 10 heteroatoms. The molecule has 2 saturated heterocycles. The maximum absolute atomic E-state index is 13.6. The first-order chi connectivity index (χ1) is 14.3. The highest BCUT2D eigenvalue weighted by Crippen LogP contribution is 2.43. The average Bonchev–Trinajstić information content (AvgIpc) is 3.34. The Balaban J connectivity index is 1.36. The molecule has 3 heterocycles. The molecular formula is C20H22FN3O5S. The molecule has 0 unspecified atom stereocenters. The molecule has 160 valence electrons. The van der Waals surface area contributed by atoms with E-state index in [1.165, 1.54) is 11.6 Å². The van der Waals surface area contributed by atoms with Crippen molar-refractivity contribution in [2.24, 2.45) is 11.8 Å². The summed E-state index contributed by atoms with van der Waals surface area (Å²) in [7, 11) is -4.32. The number of nitrogens with zero attached hydrogens (tertiary/aromatic N) is 2. The standard InChI is InChI=1S/C20H22FN3O5S/c21-14-1-2-16-18(9-14)30(27,28)24(20(26)22-16)11-19(25)23-10-12-7-15(17(23)8-12)13-3-5-29-6-4-13/h1-2,7,9,12-13,17H,3-6,8,10-11H2,(H,22,26)/t12-,17-/m1/s1. The first-order valence-corrected chi connectivity index (χ1v) is 11.5. The third-order valence-corrected chi connectivity index (χ3v) is 8.19. The van der Waals surface area contributed by atoms with E-state index < -0.39 is 34.3 Å². The molecule has 2 bridgehead atoms. The molecule has 0 saturated carbocycles. The van der Waals surface area contributed by atoms with Gasteiger partial charge in [-0.1, -0.05) is 6.08 Å². The van der Waals surface area contributed by atoms with Gasteiger partial charge >= 0.3 is 6.03 Å². The van der Waals surface area contributed by atoms with Crippen molar-refractivity contribution in [3.8, 4) is 0 Å². The van der Waals surface area contributed by atoms with E-state index >= 15 is 0 Å². The summed E-state index contributed by atoms with van der Waals surface area (Å²) in [6, 6.07) is 2.16. The molecule has 1 aliphatic carbocycles. The lowest BCUT2D eigenvalue weighted by Gasteiger charge is -2.35. The number of fused-ring (bicyclic) bond motifs is 3. The number of nitrogens with one attached hydrogen (secondary N) is 1. The van der Waals surface area contributed by atoms with Gasteiger partial charge in [0.1, 0.15) is 17.3 Å². The smallest absolute Gasteiger partial charge is 0.336 e. The minimum absolute atomic E-state index is 0.00932. The van der Waals surface area contributed by atoms with Crippen LogP contribution in [0, 0.1) is 17.7 Å². The minimum atomic E-state index is -4.32. The summed E-state index contributed by atoms with van der Waals surface area (Å²) in [5.74, 6) is -0.513. The van der Waals surface area contributed by atoms with Crippen molar-refractivity contribution in [2.75, 3.05) is 31.6 Å². The number of hydrogen-bond acceptors (Lipinski definition) is 5. The lowest BCUT2D eigenvalue weighted by Crippen LogP contribution is -2.51. The van der Waals surface area contributed by atoms with Gasteiger partial charge in [-0.25, -0.2) is 21.9 Å². The van der Waals surface area contributed by atoms with Gasteiger partial charge in [0, 0.05) is 19.8 Å². The number of anilines is 1. The first kappa shape index (κ1) is 19.5. The Bertz CT molecular complexity index is 1050. The number of carbonyl (C=O) groups is 2. The lowest BCUT2D eigenvalue weighted by molar-refractivity contribution is -0.131. The number of sulfonamides is 1. The molecule has 1 aromatic carbocycles. The highest BCUT2D eigenvalue weighted by Gasteiger charge is 2.46. The number of carbonyl (C=O) groups excluding carboxylic acids is 2. The summed E-state index contributed by atoms with van der Waals surface area (Å²) in [4.78, 5) is 26.8. The summed E-state index contributed by atoms with van der Waals surface area (Å²) in [6.07, 6.45) is 4.93. The van der Waals surface area contributed by atoms with Crippen molar-refractivity contribution in [3.63, 3.8) is 0 Å². The molecule has 3 amide bonds. The van der Waals surface area contributed by atoms with Gasteiger partial charge in [-0.05, 0) is 54.9 Å². The van der Waals surface area contributed by atoms with Crippen LogP contribution in [-0.4, -0.2) is 61.9 Å². The van der Waals surface area contributed by atoms with Crippen LogP contribution < -0.4 is 5.32 Å². The topological polar surface area (TPSA) is 96.0 Å². The second kappa shape index (κ2) is 7.05. The fourth-order valence-electron chi connectivity index (χ4n) is 4.99. The van der Waals surface area contributed by atoms with Gasteiger partial charge in [-0.2, -0.15) is 0 Å². The number of urea groups is 1. The third kappa shape index (κ3) is 3.09. The predicted octanol–water partition coefficient (Wildman–Crippen LogP) is 1.95.